The van der Waals surface area contributed by atoms with E-state index in [1.54, 1.807) is 0 Å². The Morgan fingerprint density at radius 3 is 2.38 bits per heavy atom. The fraction of sp³-hybridized carbons (Fsp3) is 0.575. The highest BCUT2D eigenvalue weighted by Gasteiger charge is 2.39. The van der Waals surface area contributed by atoms with Gasteiger partial charge in [0.15, 0.2) is 5.82 Å². The van der Waals surface area contributed by atoms with Crippen LogP contribution < -0.4 is 5.32 Å². The molecular formula is C40H51Cl2N5O. The van der Waals surface area contributed by atoms with Crippen LogP contribution in [0, 0.1) is 35.0 Å². The number of aromatic amines is 1. The Balaban J connectivity index is 1.36. The van der Waals surface area contributed by atoms with Crippen LogP contribution in [0.15, 0.2) is 53.8 Å². The maximum atomic E-state index is 13.0. The van der Waals surface area contributed by atoms with Crippen LogP contribution in [0.4, 0.5) is 0 Å². The van der Waals surface area contributed by atoms with Crippen molar-refractivity contribution in [2.24, 2.45) is 35.0 Å². The predicted molar refractivity (Wildman–Crippen MR) is 195 cm³/mol. The molecular weight excluding hydrogens is 637 g/mol. The quantitative estimate of drug-likeness (QED) is 0.231. The van der Waals surface area contributed by atoms with E-state index < -0.39 is 0 Å². The Hall–Kier alpha value is -2.92. The van der Waals surface area contributed by atoms with Crippen LogP contribution >= 0.6 is 23.2 Å². The number of fused-ring (bicyclic) bond motifs is 2. The molecule has 0 spiro atoms. The summed E-state index contributed by atoms with van der Waals surface area (Å²) in [5.41, 5.74) is 9.90. The summed E-state index contributed by atoms with van der Waals surface area (Å²) in [5, 5.41) is 18.1. The Kier molecular flexibility index (Phi) is 11.1. The van der Waals surface area contributed by atoms with Gasteiger partial charge < -0.3 is 5.32 Å². The van der Waals surface area contributed by atoms with Crippen molar-refractivity contribution >= 4 is 34.7 Å². The lowest BCUT2D eigenvalue weighted by Crippen LogP contribution is -2.26. The topological polar surface area (TPSA) is 83.6 Å². The number of halogens is 2. The highest BCUT2D eigenvalue weighted by Crippen LogP contribution is 2.51. The van der Waals surface area contributed by atoms with Crippen LogP contribution in [0.2, 0.25) is 10.0 Å². The highest BCUT2D eigenvalue weighted by molar-refractivity contribution is 6.34. The third-order valence-corrected chi connectivity index (χ3v) is 11.9. The lowest BCUT2D eigenvalue weighted by molar-refractivity contribution is 0.0950. The van der Waals surface area contributed by atoms with Gasteiger partial charge >= 0.3 is 0 Å². The van der Waals surface area contributed by atoms with Gasteiger partial charge in [0.25, 0.3) is 5.91 Å². The smallest absolute Gasteiger partial charge is 0.251 e. The summed E-state index contributed by atoms with van der Waals surface area (Å²) in [6, 6.07) is 14.3. The van der Waals surface area contributed by atoms with Crippen molar-refractivity contribution in [1.29, 1.82) is 0 Å². The van der Waals surface area contributed by atoms with E-state index >= 15 is 0 Å². The first kappa shape index (κ1) is 34.9. The minimum absolute atomic E-state index is 0.144. The number of amides is 1. The minimum Gasteiger partial charge on any atom is -0.345 e. The number of benzene rings is 2. The second-order valence-corrected chi connectivity index (χ2v) is 16.8. The molecule has 48 heavy (non-hydrogen) atoms. The van der Waals surface area contributed by atoms with Crippen LogP contribution in [0.3, 0.4) is 0 Å². The standard InChI is InChI=1S/C40H51Cl2N5O/c1-25-17-31(32-20-34(41)23-35(42)21-32)19-33(18-30-14-9-26-7-5-6-8-29(26)22-37(25)30)36(15-16-40(2,3)4)27-10-12-28(13-11-27)39(48)43-24-38-44-46-47-45-38/h10-13,20-21,23,26,29-30,33,36-37H,5-9,14-16,18-19,22,24H2,1-4H3,(H,43,48)(H,44,45,46,47). The van der Waals surface area contributed by atoms with E-state index in [0.29, 0.717) is 45.1 Å². The van der Waals surface area contributed by atoms with Gasteiger partial charge in [-0.25, -0.2) is 0 Å². The summed E-state index contributed by atoms with van der Waals surface area (Å²) in [6.07, 6.45) is 13.9. The summed E-state index contributed by atoms with van der Waals surface area (Å²) in [6.45, 7) is 9.59. The first-order chi connectivity index (χ1) is 23.0. The summed E-state index contributed by atoms with van der Waals surface area (Å²) in [4.78, 5) is 13.0. The van der Waals surface area contributed by atoms with Crippen molar-refractivity contribution in [2.45, 2.75) is 111 Å². The number of rotatable bonds is 8. The molecule has 2 aromatic carbocycles. The van der Waals surface area contributed by atoms with Crippen LogP contribution in [-0.2, 0) is 6.54 Å². The molecule has 2 N–H and O–H groups in total. The number of aromatic nitrogens is 4. The van der Waals surface area contributed by atoms with Crippen molar-refractivity contribution in [3.05, 3.63) is 86.3 Å². The predicted octanol–water partition coefficient (Wildman–Crippen LogP) is 10.6. The van der Waals surface area contributed by atoms with E-state index in [0.717, 1.165) is 36.7 Å². The number of carbonyl (C=O) groups excluding carboxylic acids is 1. The van der Waals surface area contributed by atoms with Gasteiger partial charge in [-0.05, 0) is 140 Å². The lowest BCUT2D eigenvalue weighted by Gasteiger charge is -2.37. The van der Waals surface area contributed by atoms with E-state index in [4.69, 9.17) is 23.2 Å². The van der Waals surface area contributed by atoms with Crippen molar-refractivity contribution in [3.8, 4) is 0 Å². The molecule has 2 fully saturated rings. The maximum Gasteiger partial charge on any atom is 0.251 e. The van der Waals surface area contributed by atoms with Gasteiger partial charge in [0, 0.05) is 21.2 Å². The van der Waals surface area contributed by atoms with E-state index in [2.05, 4.69) is 83.6 Å². The first-order valence-electron chi connectivity index (χ1n) is 18.1. The summed E-state index contributed by atoms with van der Waals surface area (Å²) >= 11 is 13.2. The molecule has 6 unspecified atom stereocenters. The average Bonchev–Trinajstić information content (AvgIpc) is 3.50. The van der Waals surface area contributed by atoms with E-state index in [1.807, 2.05) is 18.2 Å². The fourth-order valence-electron chi connectivity index (χ4n) is 8.94. The fourth-order valence-corrected chi connectivity index (χ4v) is 9.47. The number of nitrogens with one attached hydrogen (secondary N) is 2. The summed E-state index contributed by atoms with van der Waals surface area (Å²) in [7, 11) is 0. The van der Waals surface area contributed by atoms with Crippen LogP contribution in [0.5, 0.6) is 0 Å². The normalized spacial score (nSPS) is 25.3. The van der Waals surface area contributed by atoms with Crippen LogP contribution in [0.1, 0.15) is 132 Å². The van der Waals surface area contributed by atoms with Crippen LogP contribution in [-0.4, -0.2) is 26.5 Å². The maximum absolute atomic E-state index is 13.0. The molecule has 0 saturated heterocycles. The Morgan fingerprint density at radius 2 is 1.69 bits per heavy atom. The van der Waals surface area contributed by atoms with Gasteiger partial charge in [0.2, 0.25) is 0 Å². The molecule has 2 saturated carbocycles. The first-order valence-corrected chi connectivity index (χ1v) is 18.8. The number of allylic oxidation sites excluding steroid dienone is 1. The lowest BCUT2D eigenvalue weighted by atomic mass is 9.67. The van der Waals surface area contributed by atoms with Gasteiger partial charge in [0.1, 0.15) is 0 Å². The third-order valence-electron chi connectivity index (χ3n) is 11.5. The second kappa shape index (κ2) is 15.3. The molecule has 8 heteroatoms. The average molecular weight is 689 g/mol. The zero-order valence-electron chi connectivity index (χ0n) is 29.0. The van der Waals surface area contributed by atoms with E-state index in [1.165, 1.54) is 68.1 Å². The Morgan fingerprint density at radius 1 is 0.979 bits per heavy atom. The molecule has 6 atom stereocenters. The Labute approximate surface area is 296 Å². The molecule has 0 radical (unpaired) electrons. The van der Waals surface area contributed by atoms with Crippen molar-refractivity contribution in [3.63, 3.8) is 0 Å². The van der Waals surface area contributed by atoms with Gasteiger partial charge in [-0.3, -0.25) is 4.79 Å². The van der Waals surface area contributed by atoms with Gasteiger partial charge in [-0.2, -0.15) is 5.21 Å². The molecule has 6 rings (SSSR count). The SMILES string of the molecule is CC1=C=C(c2cc(Cl)cc(Cl)c2)CC(C(CCC(C)(C)C)c2ccc(C(=O)NCc3nn[nH]n3)cc2)CC2CCC3CCCCC3CC12. The van der Waals surface area contributed by atoms with Crippen molar-refractivity contribution < 1.29 is 4.79 Å². The molecule has 1 heterocycles. The number of hydrogen-bond acceptors (Lipinski definition) is 4. The number of tetrazole rings is 1. The van der Waals surface area contributed by atoms with E-state index in [-0.39, 0.29) is 17.9 Å². The molecule has 3 aromatic rings. The number of H-pyrrole nitrogens is 1. The number of hydrogen-bond donors (Lipinski definition) is 2. The summed E-state index contributed by atoms with van der Waals surface area (Å²) < 4.78 is 0. The molecule has 3 aliphatic rings. The zero-order valence-corrected chi connectivity index (χ0v) is 30.5. The number of carbonyl (C=O) groups is 1. The van der Waals surface area contributed by atoms with Gasteiger partial charge in [0.05, 0.1) is 6.54 Å². The molecule has 6 nitrogen and oxygen atoms in total. The number of nitrogens with zero attached hydrogens (tertiary/aromatic N) is 3. The Bertz CT molecular complexity index is 1600. The molecule has 1 amide bonds. The van der Waals surface area contributed by atoms with Gasteiger partial charge in [-0.15, -0.1) is 15.9 Å². The summed E-state index contributed by atoms with van der Waals surface area (Å²) in [5.74, 6) is 4.01. The largest absolute Gasteiger partial charge is 0.345 e. The van der Waals surface area contributed by atoms with E-state index in [9.17, 15) is 4.79 Å². The van der Waals surface area contributed by atoms with Gasteiger partial charge in [-0.1, -0.05) is 87.0 Å². The third kappa shape index (κ3) is 8.80. The molecule has 0 aliphatic heterocycles. The molecule has 1 aromatic heterocycles. The monoisotopic (exact) mass is 687 g/mol. The minimum atomic E-state index is -0.144. The highest BCUT2D eigenvalue weighted by atomic mass is 35.5. The second-order valence-electron chi connectivity index (χ2n) is 16.0. The van der Waals surface area contributed by atoms with Crippen molar-refractivity contribution in [2.75, 3.05) is 0 Å². The van der Waals surface area contributed by atoms with Crippen LogP contribution in [0.25, 0.3) is 5.57 Å². The molecule has 0 bridgehead atoms. The van der Waals surface area contributed by atoms with Crippen molar-refractivity contribution in [1.82, 2.24) is 25.9 Å². The molecule has 3 aliphatic carbocycles. The molecule has 256 valence electrons. The zero-order chi connectivity index (χ0) is 33.8.